The van der Waals surface area contributed by atoms with Crippen LogP contribution in [0.3, 0.4) is 0 Å². The molecule has 2 aromatic rings. The molecule has 0 radical (unpaired) electrons. The molecule has 1 N–H and O–H groups in total. The van der Waals surface area contributed by atoms with Gasteiger partial charge in [0.15, 0.2) is 0 Å². The van der Waals surface area contributed by atoms with Crippen molar-refractivity contribution in [2.75, 3.05) is 17.1 Å². The van der Waals surface area contributed by atoms with Gasteiger partial charge in [0.2, 0.25) is 21.8 Å². The van der Waals surface area contributed by atoms with Gasteiger partial charge in [-0.3, -0.25) is 13.9 Å². The summed E-state index contributed by atoms with van der Waals surface area (Å²) in [6.45, 7) is 11.0. The molecule has 0 aliphatic heterocycles. The summed E-state index contributed by atoms with van der Waals surface area (Å²) in [5.41, 5.74) is 1.95. The summed E-state index contributed by atoms with van der Waals surface area (Å²) < 4.78 is 26.5. The second kappa shape index (κ2) is 11.8. The number of rotatable bonds is 9. The first kappa shape index (κ1) is 29.9. The minimum Gasteiger partial charge on any atom is -0.352 e. The molecule has 198 valence electrons. The first-order valence-electron chi connectivity index (χ1n) is 11.6. The molecule has 0 saturated carbocycles. The highest BCUT2D eigenvalue weighted by molar-refractivity contribution is 7.92. The number of hydrogen-bond donors (Lipinski definition) is 1. The molecule has 2 amide bonds. The van der Waals surface area contributed by atoms with Crippen molar-refractivity contribution in [1.29, 1.82) is 0 Å². The number of sulfonamides is 1. The van der Waals surface area contributed by atoms with Gasteiger partial charge in [-0.05, 0) is 61.6 Å². The number of hydrogen-bond acceptors (Lipinski definition) is 4. The largest absolute Gasteiger partial charge is 0.352 e. The predicted molar refractivity (Wildman–Crippen MR) is 147 cm³/mol. The van der Waals surface area contributed by atoms with Gasteiger partial charge in [0.25, 0.3) is 0 Å². The zero-order valence-corrected chi connectivity index (χ0v) is 24.1. The molecule has 2 aromatic carbocycles. The minimum atomic E-state index is -3.80. The van der Waals surface area contributed by atoms with Crippen molar-refractivity contribution in [3.05, 3.63) is 63.6 Å². The molecule has 0 aromatic heterocycles. The summed E-state index contributed by atoms with van der Waals surface area (Å²) in [5, 5.41) is 3.49. The Labute approximate surface area is 224 Å². The highest BCUT2D eigenvalue weighted by Gasteiger charge is 2.30. The van der Waals surface area contributed by atoms with Gasteiger partial charge in [0.1, 0.15) is 12.6 Å². The molecule has 0 aliphatic carbocycles. The lowest BCUT2D eigenvalue weighted by molar-refractivity contribution is -0.139. The summed E-state index contributed by atoms with van der Waals surface area (Å²) in [7, 11) is -3.80. The summed E-state index contributed by atoms with van der Waals surface area (Å²) in [5.74, 6) is -0.878. The second-order valence-electron chi connectivity index (χ2n) is 10.2. The van der Waals surface area contributed by atoms with Crippen molar-refractivity contribution in [2.24, 2.45) is 0 Å². The van der Waals surface area contributed by atoms with Crippen LogP contribution in [0.15, 0.2) is 42.5 Å². The van der Waals surface area contributed by atoms with E-state index in [-0.39, 0.29) is 23.9 Å². The van der Waals surface area contributed by atoms with E-state index in [9.17, 15) is 18.0 Å². The van der Waals surface area contributed by atoms with Gasteiger partial charge >= 0.3 is 0 Å². The van der Waals surface area contributed by atoms with Gasteiger partial charge in [-0.1, -0.05) is 62.2 Å². The second-order valence-corrected chi connectivity index (χ2v) is 12.9. The van der Waals surface area contributed by atoms with Gasteiger partial charge in [0.05, 0.1) is 22.0 Å². The van der Waals surface area contributed by atoms with E-state index in [2.05, 4.69) is 26.1 Å². The molecule has 0 saturated heterocycles. The molecule has 0 fully saturated rings. The number of carbonyl (C=O) groups is 2. The molecule has 0 aliphatic rings. The fourth-order valence-electron chi connectivity index (χ4n) is 3.56. The van der Waals surface area contributed by atoms with Gasteiger partial charge in [-0.15, -0.1) is 0 Å². The number of nitrogens with one attached hydrogen (secondary N) is 1. The standard InChI is InChI=1S/C26H35Cl2N3O4S/c1-17(2)29-25(33)18(3)30(15-19-8-13-22(27)23(28)14-19)24(32)16-31(36(7,34)35)21-11-9-20(10-12-21)26(4,5)6/h8-14,17-18H,15-16H2,1-7H3,(H,29,33). The van der Waals surface area contributed by atoms with Crippen LogP contribution in [0.5, 0.6) is 0 Å². The lowest BCUT2D eigenvalue weighted by Crippen LogP contribution is -2.52. The highest BCUT2D eigenvalue weighted by Crippen LogP contribution is 2.27. The SMILES string of the molecule is CC(C)NC(=O)C(C)N(Cc1ccc(Cl)c(Cl)c1)C(=O)CN(c1ccc(C(C)(C)C)cc1)S(C)(=O)=O. The fourth-order valence-corrected chi connectivity index (χ4v) is 4.73. The molecule has 0 spiro atoms. The lowest BCUT2D eigenvalue weighted by Gasteiger charge is -2.32. The quantitative estimate of drug-likeness (QED) is 0.471. The van der Waals surface area contributed by atoms with E-state index in [4.69, 9.17) is 23.2 Å². The van der Waals surface area contributed by atoms with Crippen LogP contribution in [0.25, 0.3) is 0 Å². The highest BCUT2D eigenvalue weighted by atomic mass is 35.5. The van der Waals surface area contributed by atoms with E-state index in [1.54, 1.807) is 37.3 Å². The van der Waals surface area contributed by atoms with Crippen LogP contribution in [-0.2, 0) is 31.6 Å². The average Bonchev–Trinajstić information content (AvgIpc) is 2.75. The van der Waals surface area contributed by atoms with E-state index in [0.29, 0.717) is 21.3 Å². The number of halogens is 2. The van der Waals surface area contributed by atoms with Gasteiger partial charge in [0, 0.05) is 12.6 Å². The Bertz CT molecular complexity index is 1190. The Balaban J connectivity index is 2.42. The van der Waals surface area contributed by atoms with E-state index >= 15 is 0 Å². The first-order valence-corrected chi connectivity index (χ1v) is 14.2. The molecule has 1 atom stereocenters. The molecule has 2 rings (SSSR count). The third-order valence-corrected chi connectivity index (χ3v) is 7.52. The molecular weight excluding hydrogens is 521 g/mol. The van der Waals surface area contributed by atoms with E-state index in [0.717, 1.165) is 16.1 Å². The van der Waals surface area contributed by atoms with Crippen LogP contribution in [0.2, 0.25) is 10.0 Å². The van der Waals surface area contributed by atoms with Crippen molar-refractivity contribution >= 4 is 50.7 Å². The molecule has 7 nitrogen and oxygen atoms in total. The summed E-state index contributed by atoms with van der Waals surface area (Å²) in [4.78, 5) is 27.7. The van der Waals surface area contributed by atoms with Crippen LogP contribution in [0.1, 0.15) is 52.7 Å². The molecule has 1 unspecified atom stereocenters. The van der Waals surface area contributed by atoms with Crippen molar-refractivity contribution in [1.82, 2.24) is 10.2 Å². The van der Waals surface area contributed by atoms with Gasteiger partial charge in [-0.2, -0.15) is 0 Å². The molecule has 0 bridgehead atoms. The Morgan fingerprint density at radius 1 is 0.972 bits per heavy atom. The third-order valence-electron chi connectivity index (χ3n) is 5.64. The Kier molecular flexibility index (Phi) is 9.84. The summed E-state index contributed by atoms with van der Waals surface area (Å²) in [6, 6.07) is 11.0. The smallest absolute Gasteiger partial charge is 0.244 e. The average molecular weight is 557 g/mol. The number of nitrogens with zero attached hydrogens (tertiary/aromatic N) is 2. The summed E-state index contributed by atoms with van der Waals surface area (Å²) >= 11 is 12.2. The van der Waals surface area contributed by atoms with Crippen molar-refractivity contribution in [3.63, 3.8) is 0 Å². The molecule has 10 heteroatoms. The monoisotopic (exact) mass is 555 g/mol. The van der Waals surface area contributed by atoms with Crippen LogP contribution in [0, 0.1) is 0 Å². The van der Waals surface area contributed by atoms with Crippen LogP contribution < -0.4 is 9.62 Å². The van der Waals surface area contributed by atoms with E-state index in [1.807, 2.05) is 26.0 Å². The van der Waals surface area contributed by atoms with Crippen LogP contribution in [-0.4, -0.2) is 50.0 Å². The number of anilines is 1. The number of benzene rings is 2. The number of amides is 2. The Morgan fingerprint density at radius 2 is 1.56 bits per heavy atom. The van der Waals surface area contributed by atoms with E-state index in [1.165, 1.54) is 4.90 Å². The van der Waals surface area contributed by atoms with Crippen LogP contribution >= 0.6 is 23.2 Å². The zero-order valence-electron chi connectivity index (χ0n) is 21.8. The minimum absolute atomic E-state index is 0.0446. The normalized spacial score (nSPS) is 12.8. The van der Waals surface area contributed by atoms with Gasteiger partial charge in [-0.25, -0.2) is 8.42 Å². The fraction of sp³-hybridized carbons (Fsp3) is 0.462. The Morgan fingerprint density at radius 3 is 2.03 bits per heavy atom. The molecule has 0 heterocycles. The summed E-state index contributed by atoms with van der Waals surface area (Å²) in [6.07, 6.45) is 1.05. The van der Waals surface area contributed by atoms with Gasteiger partial charge < -0.3 is 10.2 Å². The topological polar surface area (TPSA) is 86.8 Å². The Hall–Kier alpha value is -2.29. The lowest BCUT2D eigenvalue weighted by atomic mass is 9.87. The maximum Gasteiger partial charge on any atom is 0.244 e. The molecular formula is C26H35Cl2N3O4S. The maximum atomic E-state index is 13.6. The van der Waals surface area contributed by atoms with Crippen molar-refractivity contribution in [2.45, 2.75) is 65.6 Å². The number of carbonyl (C=O) groups excluding carboxylic acids is 2. The predicted octanol–water partition coefficient (Wildman–Crippen LogP) is 5.00. The van der Waals surface area contributed by atoms with Crippen molar-refractivity contribution in [3.8, 4) is 0 Å². The van der Waals surface area contributed by atoms with Crippen molar-refractivity contribution < 1.29 is 18.0 Å². The maximum absolute atomic E-state index is 13.6. The first-order chi connectivity index (χ1) is 16.5. The van der Waals surface area contributed by atoms with Crippen LogP contribution in [0.4, 0.5) is 5.69 Å². The third kappa shape index (κ3) is 8.11. The van der Waals surface area contributed by atoms with E-state index < -0.39 is 28.5 Å². The zero-order chi connectivity index (χ0) is 27.4. The molecule has 36 heavy (non-hydrogen) atoms.